The fraction of sp³-hybridized carbons (Fsp3) is 0.875. The Balaban J connectivity index is 4.58. The van der Waals surface area contributed by atoms with Crippen LogP contribution in [0.25, 0.3) is 0 Å². The van der Waals surface area contributed by atoms with Gasteiger partial charge in [0.15, 0.2) is 0 Å². The zero-order valence-corrected chi connectivity index (χ0v) is 8.01. The van der Waals surface area contributed by atoms with E-state index in [0.717, 1.165) is 6.41 Å². The van der Waals surface area contributed by atoms with E-state index in [9.17, 15) is 4.79 Å². The zero-order chi connectivity index (χ0) is 9.28. The van der Waals surface area contributed by atoms with Gasteiger partial charge in [0, 0.05) is 12.6 Å². The van der Waals surface area contributed by atoms with Crippen molar-refractivity contribution in [2.45, 2.75) is 38.8 Å². The number of carbonyl (C=O) groups excluding carboxylic acids is 1. The average Bonchev–Trinajstić information content (AvgIpc) is 1.83. The van der Waals surface area contributed by atoms with E-state index < -0.39 is 0 Å². The number of hydrogen-bond donors (Lipinski definition) is 1. The van der Waals surface area contributed by atoms with Gasteiger partial charge < -0.3 is 10.6 Å². The maximum atomic E-state index is 10.5. The molecule has 0 saturated carbocycles. The first kappa shape index (κ1) is 10.4. The Morgan fingerprint density at radius 3 is 1.73 bits per heavy atom. The number of likely N-dealkylation sites (N-methyl/N-ethyl adjacent to an activating group) is 1. The van der Waals surface area contributed by atoms with Crippen LogP contribution in [0.5, 0.6) is 0 Å². The van der Waals surface area contributed by atoms with E-state index >= 15 is 0 Å². The molecule has 0 aliphatic carbocycles. The van der Waals surface area contributed by atoms with Crippen molar-refractivity contribution in [3.05, 3.63) is 0 Å². The Kier molecular flexibility index (Phi) is 2.67. The molecule has 0 atom stereocenters. The molecule has 0 aliphatic heterocycles. The maximum absolute atomic E-state index is 10.5. The van der Waals surface area contributed by atoms with Crippen LogP contribution in [0.15, 0.2) is 0 Å². The predicted molar refractivity (Wildman–Crippen MR) is 46.2 cm³/mol. The van der Waals surface area contributed by atoms with Crippen molar-refractivity contribution < 1.29 is 4.79 Å². The van der Waals surface area contributed by atoms with Crippen LogP contribution >= 0.6 is 0 Å². The Morgan fingerprint density at radius 2 is 1.64 bits per heavy atom. The van der Waals surface area contributed by atoms with Gasteiger partial charge in [0.05, 0.1) is 5.54 Å². The SMILES string of the molecule is CN(C=O)C(C)(C)C(C)(C)N. The van der Waals surface area contributed by atoms with Gasteiger partial charge in [0.1, 0.15) is 0 Å². The molecule has 2 N–H and O–H groups in total. The molecule has 0 unspecified atom stereocenters. The summed E-state index contributed by atoms with van der Waals surface area (Å²) in [5.74, 6) is 0. The number of nitrogens with zero attached hydrogens (tertiary/aromatic N) is 1. The van der Waals surface area contributed by atoms with Crippen LogP contribution < -0.4 is 5.73 Å². The van der Waals surface area contributed by atoms with Crippen LogP contribution in [0.3, 0.4) is 0 Å². The second-order valence-corrected chi connectivity index (χ2v) is 4.00. The van der Waals surface area contributed by atoms with Crippen molar-refractivity contribution in [3.8, 4) is 0 Å². The summed E-state index contributed by atoms with van der Waals surface area (Å²) in [4.78, 5) is 12.1. The molecule has 0 radical (unpaired) electrons. The summed E-state index contributed by atoms with van der Waals surface area (Å²) in [7, 11) is 1.74. The highest BCUT2D eigenvalue weighted by atomic mass is 16.1. The van der Waals surface area contributed by atoms with Crippen molar-refractivity contribution in [1.29, 1.82) is 0 Å². The minimum absolute atomic E-state index is 0.311. The lowest BCUT2D eigenvalue weighted by molar-refractivity contribution is -0.123. The minimum Gasteiger partial charge on any atom is -0.341 e. The van der Waals surface area contributed by atoms with Crippen molar-refractivity contribution >= 4 is 6.41 Å². The minimum atomic E-state index is -0.386. The molecule has 0 aliphatic rings. The molecule has 0 aromatic carbocycles. The summed E-state index contributed by atoms with van der Waals surface area (Å²) >= 11 is 0. The van der Waals surface area contributed by atoms with E-state index in [0.29, 0.717) is 0 Å². The molecule has 0 rings (SSSR count). The zero-order valence-electron chi connectivity index (χ0n) is 8.01. The van der Waals surface area contributed by atoms with Gasteiger partial charge in [0.2, 0.25) is 6.41 Å². The van der Waals surface area contributed by atoms with E-state index in [1.807, 2.05) is 27.7 Å². The van der Waals surface area contributed by atoms with Crippen LogP contribution in [0, 0.1) is 0 Å². The van der Waals surface area contributed by atoms with Crippen molar-refractivity contribution in [2.75, 3.05) is 7.05 Å². The number of nitrogens with two attached hydrogens (primary N) is 1. The molecular weight excluding hydrogens is 140 g/mol. The first-order valence-electron chi connectivity index (χ1n) is 3.70. The Morgan fingerprint density at radius 1 is 1.27 bits per heavy atom. The largest absolute Gasteiger partial charge is 0.341 e. The molecule has 0 fully saturated rings. The average molecular weight is 158 g/mol. The molecule has 0 heterocycles. The third-order valence-corrected chi connectivity index (χ3v) is 2.62. The Bertz CT molecular complexity index is 147. The van der Waals surface area contributed by atoms with Crippen molar-refractivity contribution in [3.63, 3.8) is 0 Å². The molecule has 0 aromatic rings. The smallest absolute Gasteiger partial charge is 0.209 e. The van der Waals surface area contributed by atoms with Gasteiger partial charge in [-0.25, -0.2) is 0 Å². The van der Waals surface area contributed by atoms with Gasteiger partial charge in [-0.05, 0) is 27.7 Å². The number of hydrogen-bond acceptors (Lipinski definition) is 2. The molecule has 0 aromatic heterocycles. The highest BCUT2D eigenvalue weighted by Crippen LogP contribution is 2.22. The third kappa shape index (κ3) is 1.93. The van der Waals surface area contributed by atoms with Gasteiger partial charge in [-0.2, -0.15) is 0 Å². The van der Waals surface area contributed by atoms with Gasteiger partial charge >= 0.3 is 0 Å². The lowest BCUT2D eigenvalue weighted by atomic mass is 9.82. The van der Waals surface area contributed by atoms with E-state index in [-0.39, 0.29) is 11.1 Å². The first-order valence-corrected chi connectivity index (χ1v) is 3.70. The van der Waals surface area contributed by atoms with Crippen LogP contribution in [-0.4, -0.2) is 29.4 Å². The van der Waals surface area contributed by atoms with Crippen molar-refractivity contribution in [2.24, 2.45) is 5.73 Å². The van der Waals surface area contributed by atoms with Gasteiger partial charge in [-0.1, -0.05) is 0 Å². The van der Waals surface area contributed by atoms with Crippen LogP contribution in [0.2, 0.25) is 0 Å². The second kappa shape index (κ2) is 2.81. The fourth-order valence-corrected chi connectivity index (χ4v) is 0.586. The molecular formula is C8H18N2O. The standard InChI is InChI=1S/C8H18N2O/c1-7(2,9)8(3,4)10(5)6-11/h6H,9H2,1-5H3. The number of carbonyl (C=O) groups is 1. The molecule has 3 heteroatoms. The summed E-state index contributed by atoms with van der Waals surface area (Å²) in [6.07, 6.45) is 0.800. The lowest BCUT2D eigenvalue weighted by Crippen LogP contribution is -2.60. The van der Waals surface area contributed by atoms with E-state index in [4.69, 9.17) is 5.73 Å². The monoisotopic (exact) mass is 158 g/mol. The molecule has 66 valence electrons. The second-order valence-electron chi connectivity index (χ2n) is 4.00. The summed E-state index contributed by atoms with van der Waals surface area (Å²) in [5.41, 5.74) is 5.19. The highest BCUT2D eigenvalue weighted by Gasteiger charge is 2.36. The topological polar surface area (TPSA) is 46.3 Å². The van der Waals surface area contributed by atoms with Crippen LogP contribution in [0.4, 0.5) is 0 Å². The van der Waals surface area contributed by atoms with Gasteiger partial charge in [-0.15, -0.1) is 0 Å². The summed E-state index contributed by atoms with van der Waals surface area (Å²) < 4.78 is 0. The molecule has 11 heavy (non-hydrogen) atoms. The molecule has 0 bridgehead atoms. The predicted octanol–water partition coefficient (Wildman–Crippen LogP) is 0.591. The molecule has 3 nitrogen and oxygen atoms in total. The van der Waals surface area contributed by atoms with Gasteiger partial charge in [0.25, 0.3) is 0 Å². The fourth-order valence-electron chi connectivity index (χ4n) is 0.586. The third-order valence-electron chi connectivity index (χ3n) is 2.62. The van der Waals surface area contributed by atoms with Crippen LogP contribution in [0.1, 0.15) is 27.7 Å². The Hall–Kier alpha value is -0.570. The van der Waals surface area contributed by atoms with Crippen LogP contribution in [-0.2, 0) is 4.79 Å². The van der Waals surface area contributed by atoms with E-state index in [1.54, 1.807) is 11.9 Å². The van der Waals surface area contributed by atoms with E-state index in [1.165, 1.54) is 0 Å². The lowest BCUT2D eigenvalue weighted by Gasteiger charge is -2.43. The summed E-state index contributed by atoms with van der Waals surface area (Å²) in [6, 6.07) is 0. The summed E-state index contributed by atoms with van der Waals surface area (Å²) in [5, 5.41) is 0. The van der Waals surface area contributed by atoms with Gasteiger partial charge in [-0.3, -0.25) is 4.79 Å². The quantitative estimate of drug-likeness (QED) is 0.611. The number of amides is 1. The first-order chi connectivity index (χ1) is 4.73. The Labute approximate surface area is 68.6 Å². The highest BCUT2D eigenvalue weighted by molar-refractivity contribution is 5.48. The molecule has 0 spiro atoms. The van der Waals surface area contributed by atoms with E-state index in [2.05, 4.69) is 0 Å². The normalized spacial score (nSPS) is 12.9. The number of rotatable bonds is 3. The molecule has 0 saturated heterocycles. The maximum Gasteiger partial charge on any atom is 0.209 e. The van der Waals surface area contributed by atoms with Crippen molar-refractivity contribution in [1.82, 2.24) is 4.90 Å². The summed E-state index contributed by atoms with van der Waals surface area (Å²) in [6.45, 7) is 7.71. The molecule has 1 amide bonds.